The SMILES string of the molecule is CCn1cc(C(=O)/C=C/c2cn(C)nc2C)c(C)n1. The molecule has 0 bridgehead atoms. The van der Waals surface area contributed by atoms with Crippen LogP contribution in [-0.2, 0) is 13.6 Å². The van der Waals surface area contributed by atoms with Gasteiger partial charge in [0.1, 0.15) is 0 Å². The Morgan fingerprint density at radius 3 is 2.53 bits per heavy atom. The summed E-state index contributed by atoms with van der Waals surface area (Å²) in [4.78, 5) is 12.1. The summed E-state index contributed by atoms with van der Waals surface area (Å²) in [6.07, 6.45) is 7.06. The lowest BCUT2D eigenvalue weighted by atomic mass is 10.1. The minimum Gasteiger partial charge on any atom is -0.289 e. The first-order valence-electron chi connectivity index (χ1n) is 6.28. The van der Waals surface area contributed by atoms with Gasteiger partial charge in [0.05, 0.1) is 17.0 Å². The predicted molar refractivity (Wildman–Crippen MR) is 73.9 cm³/mol. The molecule has 0 N–H and O–H groups in total. The fraction of sp³-hybridized carbons (Fsp3) is 0.357. The van der Waals surface area contributed by atoms with E-state index in [2.05, 4.69) is 10.2 Å². The summed E-state index contributed by atoms with van der Waals surface area (Å²) in [7, 11) is 1.86. The van der Waals surface area contributed by atoms with Crippen molar-refractivity contribution in [2.75, 3.05) is 0 Å². The van der Waals surface area contributed by atoms with Crippen LogP contribution >= 0.6 is 0 Å². The molecule has 0 aromatic carbocycles. The monoisotopic (exact) mass is 258 g/mol. The number of allylic oxidation sites excluding steroid dienone is 1. The Kier molecular flexibility index (Phi) is 3.64. The number of rotatable bonds is 4. The van der Waals surface area contributed by atoms with Crippen molar-refractivity contribution in [2.45, 2.75) is 27.3 Å². The molecular weight excluding hydrogens is 240 g/mol. The molecule has 0 spiro atoms. The van der Waals surface area contributed by atoms with Gasteiger partial charge in [-0.15, -0.1) is 0 Å². The maximum absolute atomic E-state index is 12.1. The zero-order chi connectivity index (χ0) is 14.0. The van der Waals surface area contributed by atoms with Crippen molar-refractivity contribution in [3.63, 3.8) is 0 Å². The van der Waals surface area contributed by atoms with Crippen LogP contribution in [0.3, 0.4) is 0 Å². The number of nitrogens with zero attached hydrogens (tertiary/aromatic N) is 4. The Labute approximate surface area is 112 Å². The largest absolute Gasteiger partial charge is 0.289 e. The van der Waals surface area contributed by atoms with Crippen LogP contribution in [0.1, 0.15) is 34.2 Å². The fourth-order valence-electron chi connectivity index (χ4n) is 1.96. The van der Waals surface area contributed by atoms with Crippen LogP contribution in [0.15, 0.2) is 18.5 Å². The van der Waals surface area contributed by atoms with E-state index in [1.807, 2.05) is 34.0 Å². The van der Waals surface area contributed by atoms with E-state index in [-0.39, 0.29) is 5.78 Å². The number of hydrogen-bond donors (Lipinski definition) is 0. The normalized spacial score (nSPS) is 11.4. The number of ketones is 1. The molecular formula is C14H18N4O. The van der Waals surface area contributed by atoms with E-state index in [1.165, 1.54) is 0 Å². The second-order valence-electron chi connectivity index (χ2n) is 4.52. The van der Waals surface area contributed by atoms with Crippen molar-refractivity contribution >= 4 is 11.9 Å². The molecule has 5 nitrogen and oxygen atoms in total. The molecule has 2 heterocycles. The van der Waals surface area contributed by atoms with Gasteiger partial charge in [0.15, 0.2) is 5.78 Å². The Morgan fingerprint density at radius 1 is 1.26 bits per heavy atom. The lowest BCUT2D eigenvalue weighted by molar-refractivity contribution is 0.104. The van der Waals surface area contributed by atoms with Crippen molar-refractivity contribution in [2.24, 2.45) is 7.05 Å². The lowest BCUT2D eigenvalue weighted by Gasteiger charge is -1.91. The van der Waals surface area contributed by atoms with Gasteiger partial charge >= 0.3 is 0 Å². The summed E-state index contributed by atoms with van der Waals surface area (Å²) in [5, 5.41) is 8.51. The summed E-state index contributed by atoms with van der Waals surface area (Å²) in [6, 6.07) is 0. The molecule has 100 valence electrons. The minimum absolute atomic E-state index is 0.0274. The second-order valence-corrected chi connectivity index (χ2v) is 4.52. The summed E-state index contributed by atoms with van der Waals surface area (Å²) in [5.41, 5.74) is 3.28. The molecule has 0 saturated heterocycles. The Balaban J connectivity index is 2.21. The van der Waals surface area contributed by atoms with Crippen molar-refractivity contribution in [1.29, 1.82) is 0 Å². The standard InChI is InChI=1S/C14H18N4O/c1-5-18-9-13(11(3)16-18)14(19)7-6-12-8-17(4)15-10(12)2/h6-9H,5H2,1-4H3/b7-6+. The Morgan fingerprint density at radius 2 is 2.00 bits per heavy atom. The molecule has 0 aliphatic heterocycles. The van der Waals surface area contributed by atoms with Crippen LogP contribution in [0.25, 0.3) is 6.08 Å². The third-order valence-electron chi connectivity index (χ3n) is 3.00. The van der Waals surface area contributed by atoms with Crippen LogP contribution in [-0.4, -0.2) is 25.3 Å². The van der Waals surface area contributed by atoms with E-state index in [9.17, 15) is 4.79 Å². The van der Waals surface area contributed by atoms with Crippen LogP contribution in [0.5, 0.6) is 0 Å². The van der Waals surface area contributed by atoms with Crippen molar-refractivity contribution in [3.05, 3.63) is 41.0 Å². The molecule has 2 rings (SSSR count). The summed E-state index contributed by atoms with van der Waals surface area (Å²) in [6.45, 7) is 6.53. The Hall–Kier alpha value is -2.17. The highest BCUT2D eigenvalue weighted by molar-refractivity contribution is 6.07. The molecule has 0 saturated carbocycles. The summed E-state index contributed by atoms with van der Waals surface area (Å²) < 4.78 is 3.51. The van der Waals surface area contributed by atoms with Gasteiger partial charge in [-0.3, -0.25) is 14.2 Å². The first-order chi connectivity index (χ1) is 9.01. The zero-order valence-corrected chi connectivity index (χ0v) is 11.7. The molecule has 19 heavy (non-hydrogen) atoms. The summed E-state index contributed by atoms with van der Waals surface area (Å²) >= 11 is 0. The van der Waals surface area contributed by atoms with Gasteiger partial charge in [0.2, 0.25) is 0 Å². The molecule has 5 heteroatoms. The quantitative estimate of drug-likeness (QED) is 0.623. The van der Waals surface area contributed by atoms with Gasteiger partial charge in [-0.05, 0) is 32.9 Å². The number of carbonyl (C=O) groups is 1. The van der Waals surface area contributed by atoms with Gasteiger partial charge in [0, 0.05) is 31.5 Å². The first-order valence-corrected chi connectivity index (χ1v) is 6.28. The van der Waals surface area contributed by atoms with Crippen LogP contribution in [0.4, 0.5) is 0 Å². The molecule has 0 aliphatic rings. The van der Waals surface area contributed by atoms with E-state index in [0.29, 0.717) is 5.56 Å². The molecule has 0 unspecified atom stereocenters. The highest BCUT2D eigenvalue weighted by atomic mass is 16.1. The minimum atomic E-state index is -0.0274. The van der Waals surface area contributed by atoms with Crippen molar-refractivity contribution in [1.82, 2.24) is 19.6 Å². The lowest BCUT2D eigenvalue weighted by Crippen LogP contribution is -1.95. The van der Waals surface area contributed by atoms with E-state index < -0.39 is 0 Å². The molecule has 0 fully saturated rings. The molecule has 0 radical (unpaired) electrons. The van der Waals surface area contributed by atoms with Gasteiger partial charge in [-0.1, -0.05) is 0 Å². The average Bonchev–Trinajstić information content (AvgIpc) is 2.89. The molecule has 0 amide bonds. The fourth-order valence-corrected chi connectivity index (χ4v) is 1.96. The molecule has 0 atom stereocenters. The third-order valence-corrected chi connectivity index (χ3v) is 3.00. The highest BCUT2D eigenvalue weighted by Gasteiger charge is 2.10. The van der Waals surface area contributed by atoms with Crippen LogP contribution in [0.2, 0.25) is 0 Å². The van der Waals surface area contributed by atoms with E-state index >= 15 is 0 Å². The van der Waals surface area contributed by atoms with Crippen LogP contribution < -0.4 is 0 Å². The number of aromatic nitrogens is 4. The van der Waals surface area contributed by atoms with Crippen molar-refractivity contribution in [3.8, 4) is 0 Å². The van der Waals surface area contributed by atoms with Gasteiger partial charge in [-0.25, -0.2) is 0 Å². The van der Waals surface area contributed by atoms with E-state index in [0.717, 1.165) is 23.5 Å². The van der Waals surface area contributed by atoms with Gasteiger partial charge in [0.25, 0.3) is 0 Å². The van der Waals surface area contributed by atoms with E-state index in [4.69, 9.17) is 0 Å². The predicted octanol–water partition coefficient (Wildman–Crippen LogP) is 2.15. The van der Waals surface area contributed by atoms with Gasteiger partial charge < -0.3 is 0 Å². The maximum atomic E-state index is 12.1. The molecule has 2 aromatic rings. The summed E-state index contributed by atoms with van der Waals surface area (Å²) in [5.74, 6) is -0.0274. The number of carbonyl (C=O) groups excluding carboxylic acids is 1. The number of hydrogen-bond acceptors (Lipinski definition) is 3. The maximum Gasteiger partial charge on any atom is 0.189 e. The number of aryl methyl sites for hydroxylation is 4. The third kappa shape index (κ3) is 2.81. The van der Waals surface area contributed by atoms with Gasteiger partial charge in [-0.2, -0.15) is 10.2 Å². The van der Waals surface area contributed by atoms with Crippen molar-refractivity contribution < 1.29 is 4.79 Å². The Bertz CT molecular complexity index is 634. The van der Waals surface area contributed by atoms with Crippen LogP contribution in [0, 0.1) is 13.8 Å². The smallest absolute Gasteiger partial charge is 0.189 e. The molecule has 0 aliphatic carbocycles. The average molecular weight is 258 g/mol. The van der Waals surface area contributed by atoms with E-state index in [1.54, 1.807) is 27.7 Å². The topological polar surface area (TPSA) is 52.7 Å². The highest BCUT2D eigenvalue weighted by Crippen LogP contribution is 2.11. The molecule has 2 aromatic heterocycles. The zero-order valence-electron chi connectivity index (χ0n) is 11.7. The first kappa shape index (κ1) is 13.3. The second kappa shape index (κ2) is 5.22.